The number of aromatic nitrogens is 3. The van der Waals surface area contributed by atoms with Gasteiger partial charge in [0.1, 0.15) is 17.8 Å². The van der Waals surface area contributed by atoms with Crippen LogP contribution in [0.1, 0.15) is 31.4 Å². The van der Waals surface area contributed by atoms with Gasteiger partial charge in [0.15, 0.2) is 0 Å². The van der Waals surface area contributed by atoms with E-state index in [2.05, 4.69) is 45.3 Å². The minimum atomic E-state index is 0.756. The molecule has 2 heterocycles. The summed E-state index contributed by atoms with van der Waals surface area (Å²) in [4.78, 5) is 14.3. The summed E-state index contributed by atoms with van der Waals surface area (Å²) in [5.74, 6) is 1.71. The molecule has 2 N–H and O–H groups in total. The fraction of sp³-hybridized carbons (Fsp3) is 0.625. The maximum Gasteiger partial charge on any atom is 0.143 e. The predicted molar refractivity (Wildman–Crippen MR) is 86.5 cm³/mol. The van der Waals surface area contributed by atoms with Gasteiger partial charge in [0.2, 0.25) is 0 Å². The highest BCUT2D eigenvalue weighted by molar-refractivity contribution is 5.87. The number of hydrogen-bond donors (Lipinski definition) is 2. The molecule has 5 heteroatoms. The first-order chi connectivity index (χ1) is 10.1. The maximum absolute atomic E-state index is 4.40. The third-order valence-corrected chi connectivity index (χ3v) is 4.67. The molecule has 21 heavy (non-hydrogen) atoms. The molecule has 0 atom stereocenters. The summed E-state index contributed by atoms with van der Waals surface area (Å²) in [6.45, 7) is 3.06. The Morgan fingerprint density at radius 2 is 2.00 bits per heavy atom. The van der Waals surface area contributed by atoms with Gasteiger partial charge in [-0.2, -0.15) is 0 Å². The average Bonchev–Trinajstić information content (AvgIpc) is 2.86. The molecule has 0 aromatic carbocycles. The van der Waals surface area contributed by atoms with Crippen LogP contribution < -0.4 is 5.32 Å². The van der Waals surface area contributed by atoms with Gasteiger partial charge in [0, 0.05) is 18.3 Å². The minimum Gasteiger partial charge on any atom is -0.369 e. The molecule has 3 rings (SSSR count). The first-order valence-electron chi connectivity index (χ1n) is 7.84. The van der Waals surface area contributed by atoms with Crippen LogP contribution in [-0.4, -0.2) is 46.5 Å². The van der Waals surface area contributed by atoms with Crippen molar-refractivity contribution in [3.8, 4) is 0 Å². The molecule has 0 saturated heterocycles. The molecule has 0 amide bonds. The van der Waals surface area contributed by atoms with E-state index in [4.69, 9.17) is 0 Å². The van der Waals surface area contributed by atoms with Crippen molar-refractivity contribution in [2.75, 3.05) is 26.0 Å². The smallest absolute Gasteiger partial charge is 0.143 e. The normalized spacial score (nSPS) is 22.9. The van der Waals surface area contributed by atoms with Crippen molar-refractivity contribution >= 4 is 16.9 Å². The van der Waals surface area contributed by atoms with Crippen LogP contribution in [0.25, 0.3) is 11.0 Å². The van der Waals surface area contributed by atoms with Gasteiger partial charge in [0.05, 0.1) is 5.39 Å². The quantitative estimate of drug-likeness (QED) is 0.908. The molecule has 0 spiro atoms. The largest absolute Gasteiger partial charge is 0.369 e. The molecule has 1 fully saturated rings. The van der Waals surface area contributed by atoms with Gasteiger partial charge in [-0.15, -0.1) is 0 Å². The number of rotatable bonds is 4. The molecule has 1 aliphatic rings. The standard InChI is InChI=1S/C16H25N5/c1-11-8-14-15(18-10-19-16(14)20-11)17-9-12-4-6-13(7-5-12)21(2)3/h8,10,12-13H,4-7,9H2,1-3H3,(H2,17,18,19,20). The second-order valence-corrected chi connectivity index (χ2v) is 6.46. The summed E-state index contributed by atoms with van der Waals surface area (Å²) in [5.41, 5.74) is 2.04. The van der Waals surface area contributed by atoms with Gasteiger partial charge in [0.25, 0.3) is 0 Å². The van der Waals surface area contributed by atoms with Crippen LogP contribution in [0.2, 0.25) is 0 Å². The third-order valence-electron chi connectivity index (χ3n) is 4.67. The fourth-order valence-electron chi connectivity index (χ4n) is 3.32. The van der Waals surface area contributed by atoms with Crippen LogP contribution in [0.3, 0.4) is 0 Å². The van der Waals surface area contributed by atoms with Crippen LogP contribution in [0.5, 0.6) is 0 Å². The van der Waals surface area contributed by atoms with E-state index < -0.39 is 0 Å². The summed E-state index contributed by atoms with van der Waals surface area (Å²) in [7, 11) is 4.38. The molecular formula is C16H25N5. The number of nitrogens with one attached hydrogen (secondary N) is 2. The Kier molecular flexibility index (Phi) is 4.10. The minimum absolute atomic E-state index is 0.756. The van der Waals surface area contributed by atoms with Gasteiger partial charge in [-0.25, -0.2) is 9.97 Å². The zero-order valence-electron chi connectivity index (χ0n) is 13.2. The lowest BCUT2D eigenvalue weighted by Crippen LogP contribution is -2.33. The summed E-state index contributed by atoms with van der Waals surface area (Å²) < 4.78 is 0. The van der Waals surface area contributed by atoms with Crippen LogP contribution in [-0.2, 0) is 0 Å². The van der Waals surface area contributed by atoms with E-state index in [0.29, 0.717) is 0 Å². The van der Waals surface area contributed by atoms with Crippen molar-refractivity contribution < 1.29 is 0 Å². The van der Waals surface area contributed by atoms with Crippen molar-refractivity contribution in [3.05, 3.63) is 18.1 Å². The second-order valence-electron chi connectivity index (χ2n) is 6.46. The van der Waals surface area contributed by atoms with Crippen molar-refractivity contribution in [1.82, 2.24) is 19.9 Å². The number of H-pyrrole nitrogens is 1. The van der Waals surface area contributed by atoms with Crippen molar-refractivity contribution in [3.63, 3.8) is 0 Å². The van der Waals surface area contributed by atoms with Crippen molar-refractivity contribution in [1.29, 1.82) is 0 Å². The molecule has 1 aliphatic carbocycles. The molecule has 2 aromatic heterocycles. The lowest BCUT2D eigenvalue weighted by Gasteiger charge is -2.32. The van der Waals surface area contributed by atoms with E-state index in [1.54, 1.807) is 6.33 Å². The van der Waals surface area contributed by atoms with Gasteiger partial charge in [-0.3, -0.25) is 0 Å². The third kappa shape index (κ3) is 3.18. The van der Waals surface area contributed by atoms with E-state index in [-0.39, 0.29) is 0 Å². The Labute approximate surface area is 126 Å². The van der Waals surface area contributed by atoms with Crippen LogP contribution in [0.15, 0.2) is 12.4 Å². The van der Waals surface area contributed by atoms with Gasteiger partial charge in [-0.05, 0) is 58.7 Å². The zero-order valence-corrected chi connectivity index (χ0v) is 13.2. The first kappa shape index (κ1) is 14.3. The predicted octanol–water partition coefficient (Wildman–Crippen LogP) is 2.80. The lowest BCUT2D eigenvalue weighted by atomic mass is 9.85. The summed E-state index contributed by atoms with van der Waals surface area (Å²) >= 11 is 0. The average molecular weight is 287 g/mol. The SMILES string of the molecule is Cc1cc2c(NCC3CCC(N(C)C)CC3)ncnc2[nH]1. The van der Waals surface area contributed by atoms with Crippen LogP contribution >= 0.6 is 0 Å². The molecule has 0 radical (unpaired) electrons. The van der Waals surface area contributed by atoms with E-state index >= 15 is 0 Å². The molecule has 114 valence electrons. The molecule has 0 unspecified atom stereocenters. The molecule has 1 saturated carbocycles. The summed E-state index contributed by atoms with van der Waals surface area (Å²) in [6.07, 6.45) is 6.85. The number of nitrogens with zero attached hydrogens (tertiary/aromatic N) is 3. The van der Waals surface area contributed by atoms with Gasteiger partial charge in [-0.1, -0.05) is 0 Å². The molecule has 0 bridgehead atoms. The first-order valence-corrected chi connectivity index (χ1v) is 7.84. The molecule has 2 aromatic rings. The van der Waals surface area contributed by atoms with E-state index in [0.717, 1.165) is 41.0 Å². The van der Waals surface area contributed by atoms with Crippen LogP contribution in [0.4, 0.5) is 5.82 Å². The number of hydrogen-bond acceptors (Lipinski definition) is 4. The molecular weight excluding hydrogens is 262 g/mol. The van der Waals surface area contributed by atoms with Gasteiger partial charge >= 0.3 is 0 Å². The highest BCUT2D eigenvalue weighted by atomic mass is 15.1. The second kappa shape index (κ2) is 6.02. The molecule has 0 aliphatic heterocycles. The number of aryl methyl sites for hydroxylation is 1. The Bertz CT molecular complexity index is 596. The fourth-order valence-corrected chi connectivity index (χ4v) is 3.32. The molecule has 5 nitrogen and oxygen atoms in total. The van der Waals surface area contributed by atoms with E-state index in [9.17, 15) is 0 Å². The van der Waals surface area contributed by atoms with Gasteiger partial charge < -0.3 is 15.2 Å². The Hall–Kier alpha value is -1.62. The van der Waals surface area contributed by atoms with Crippen LogP contribution in [0, 0.1) is 12.8 Å². The Morgan fingerprint density at radius 1 is 1.24 bits per heavy atom. The summed E-state index contributed by atoms with van der Waals surface area (Å²) in [5, 5.41) is 4.62. The number of anilines is 1. The number of fused-ring (bicyclic) bond motifs is 1. The maximum atomic E-state index is 4.40. The lowest BCUT2D eigenvalue weighted by molar-refractivity contribution is 0.198. The Morgan fingerprint density at radius 3 is 2.71 bits per heavy atom. The highest BCUT2D eigenvalue weighted by Crippen LogP contribution is 2.27. The van der Waals surface area contributed by atoms with Crippen molar-refractivity contribution in [2.45, 2.75) is 38.6 Å². The van der Waals surface area contributed by atoms with Crippen molar-refractivity contribution in [2.24, 2.45) is 5.92 Å². The van der Waals surface area contributed by atoms with E-state index in [1.807, 2.05) is 6.92 Å². The monoisotopic (exact) mass is 287 g/mol. The zero-order chi connectivity index (χ0) is 14.8. The summed E-state index contributed by atoms with van der Waals surface area (Å²) in [6, 6.07) is 2.87. The topological polar surface area (TPSA) is 56.8 Å². The Balaban J connectivity index is 1.60. The number of aromatic amines is 1. The van der Waals surface area contributed by atoms with E-state index in [1.165, 1.54) is 25.7 Å². The highest BCUT2D eigenvalue weighted by Gasteiger charge is 2.22.